The molecule has 2 atom stereocenters. The molecule has 2 aliphatic rings. The number of fused-ring (bicyclic) bond motifs is 2. The summed E-state index contributed by atoms with van der Waals surface area (Å²) in [6.45, 7) is 2.14. The third-order valence-electron chi connectivity index (χ3n) is 7.47. The van der Waals surface area contributed by atoms with E-state index < -0.39 is 17.8 Å². The molecule has 10 heteroatoms. The van der Waals surface area contributed by atoms with Crippen LogP contribution in [0.5, 0.6) is 11.5 Å². The molecule has 0 amide bonds. The minimum Gasteiger partial charge on any atom is -0.492 e. The number of hydrogen-bond acceptors (Lipinski definition) is 6. The molecular weight excluding hydrogens is 523 g/mol. The van der Waals surface area contributed by atoms with E-state index in [0.29, 0.717) is 53.6 Å². The lowest BCUT2D eigenvalue weighted by atomic mass is 9.91. The maximum absolute atomic E-state index is 14.2. The predicted molar refractivity (Wildman–Crippen MR) is 140 cm³/mol. The van der Waals surface area contributed by atoms with Crippen LogP contribution in [0.15, 0.2) is 60.9 Å². The van der Waals surface area contributed by atoms with E-state index in [1.54, 1.807) is 48.3 Å². The van der Waals surface area contributed by atoms with E-state index in [0.717, 1.165) is 17.2 Å². The van der Waals surface area contributed by atoms with Gasteiger partial charge in [0.05, 0.1) is 31.4 Å². The van der Waals surface area contributed by atoms with Gasteiger partial charge in [-0.1, -0.05) is 24.3 Å². The summed E-state index contributed by atoms with van der Waals surface area (Å²) in [6, 6.07) is 15.0. The zero-order chi connectivity index (χ0) is 28.0. The molecule has 6 rings (SSSR count). The Bertz CT molecular complexity index is 1580. The summed E-state index contributed by atoms with van der Waals surface area (Å²) in [5.74, 6) is 1.41. The van der Waals surface area contributed by atoms with E-state index in [1.165, 1.54) is 13.2 Å². The van der Waals surface area contributed by atoms with Crippen LogP contribution in [-0.4, -0.2) is 34.5 Å². The van der Waals surface area contributed by atoms with Gasteiger partial charge in [0.1, 0.15) is 29.8 Å². The summed E-state index contributed by atoms with van der Waals surface area (Å²) in [6.07, 6.45) is -2.13. The van der Waals surface area contributed by atoms with Gasteiger partial charge in [-0.3, -0.25) is 4.79 Å². The van der Waals surface area contributed by atoms with E-state index in [-0.39, 0.29) is 23.9 Å². The number of nitrogens with zero attached hydrogens (tertiary/aromatic N) is 3. The van der Waals surface area contributed by atoms with Crippen molar-refractivity contribution in [1.29, 1.82) is 0 Å². The molecule has 7 nitrogen and oxygen atoms in total. The summed E-state index contributed by atoms with van der Waals surface area (Å²) < 4.78 is 60.9. The molecule has 40 heavy (non-hydrogen) atoms. The number of benzene rings is 3. The molecule has 1 aromatic heterocycles. The highest BCUT2D eigenvalue weighted by Gasteiger charge is 2.38. The molecule has 1 aliphatic heterocycles. The predicted octanol–water partition coefficient (Wildman–Crippen LogP) is 6.37. The Morgan fingerprint density at radius 3 is 2.58 bits per heavy atom. The van der Waals surface area contributed by atoms with Crippen molar-refractivity contribution in [2.24, 2.45) is 0 Å². The first-order valence-corrected chi connectivity index (χ1v) is 12.9. The molecule has 206 valence electrons. The van der Waals surface area contributed by atoms with Crippen LogP contribution in [0.3, 0.4) is 0 Å². The first kappa shape index (κ1) is 25.9. The number of carbonyl (C=O) groups is 1. The topological polar surface area (TPSA) is 75.5 Å². The van der Waals surface area contributed by atoms with Crippen LogP contribution in [0.25, 0.3) is 16.8 Å². The molecule has 0 spiro atoms. The maximum atomic E-state index is 14.2. The number of halogens is 3. The molecule has 3 aromatic carbocycles. The number of rotatable bonds is 6. The van der Waals surface area contributed by atoms with Crippen molar-refractivity contribution in [3.8, 4) is 28.3 Å². The molecule has 0 saturated carbocycles. The minimum absolute atomic E-state index is 0.0907. The van der Waals surface area contributed by atoms with Crippen LogP contribution in [-0.2, 0) is 22.1 Å². The lowest BCUT2D eigenvalue weighted by molar-refractivity contribution is -0.141. The first-order valence-electron chi connectivity index (χ1n) is 12.9. The third kappa shape index (κ3) is 4.78. The lowest BCUT2D eigenvalue weighted by Crippen LogP contribution is -2.10. The summed E-state index contributed by atoms with van der Waals surface area (Å²) >= 11 is 0. The number of hydrogen-bond donors (Lipinski definition) is 0. The Hall–Kier alpha value is -4.34. The molecule has 0 N–H and O–H groups in total. The number of carbonyl (C=O) groups excluding carboxylic acids is 1. The molecule has 0 bridgehead atoms. The van der Waals surface area contributed by atoms with Crippen molar-refractivity contribution in [2.45, 2.75) is 44.4 Å². The van der Waals surface area contributed by atoms with Gasteiger partial charge in [0, 0.05) is 17.5 Å². The van der Waals surface area contributed by atoms with E-state index in [1.807, 2.05) is 12.1 Å². The fraction of sp³-hybridized carbons (Fsp3) is 0.300. The molecule has 1 aliphatic carbocycles. The van der Waals surface area contributed by atoms with Crippen molar-refractivity contribution in [1.82, 2.24) is 14.8 Å². The summed E-state index contributed by atoms with van der Waals surface area (Å²) in [7, 11) is 1.35. The van der Waals surface area contributed by atoms with Crippen molar-refractivity contribution in [2.75, 3.05) is 13.7 Å². The second-order valence-electron chi connectivity index (χ2n) is 9.97. The highest BCUT2D eigenvalue weighted by Crippen LogP contribution is 2.47. The standard InChI is InChI=1S/C30H26F3N3O4/c1-17-34-16-36(35-17)20-5-3-18(4-6-20)29-24-10-12-26(23(24)9-11-25(29)30(31,32)33)40-21-7-8-22-19(13-28(37)38-2)15-39-27(22)14-21/h3-9,11,14,16,19,26H,10,12-13,15H2,1-2H3/t19-,26-/m1/s1. The number of methoxy groups -OCH3 is 1. The molecule has 0 fully saturated rings. The van der Waals surface area contributed by atoms with Crippen LogP contribution in [0, 0.1) is 6.92 Å². The normalized spacial score (nSPS) is 17.7. The number of ether oxygens (including phenoxy) is 3. The highest BCUT2D eigenvalue weighted by atomic mass is 19.4. The molecular formula is C30H26F3N3O4. The van der Waals surface area contributed by atoms with Gasteiger partial charge < -0.3 is 14.2 Å². The van der Waals surface area contributed by atoms with Crippen LogP contribution < -0.4 is 9.47 Å². The maximum Gasteiger partial charge on any atom is 0.417 e. The van der Waals surface area contributed by atoms with Crippen molar-refractivity contribution < 1.29 is 32.2 Å². The Morgan fingerprint density at radius 2 is 1.88 bits per heavy atom. The fourth-order valence-electron chi connectivity index (χ4n) is 5.55. The Kier molecular flexibility index (Phi) is 6.48. The van der Waals surface area contributed by atoms with Gasteiger partial charge in [-0.25, -0.2) is 9.67 Å². The number of aryl methyl sites for hydroxylation is 1. The van der Waals surface area contributed by atoms with E-state index in [4.69, 9.17) is 14.2 Å². The zero-order valence-electron chi connectivity index (χ0n) is 21.9. The van der Waals surface area contributed by atoms with Gasteiger partial charge in [-0.15, -0.1) is 0 Å². The smallest absolute Gasteiger partial charge is 0.417 e. The van der Waals surface area contributed by atoms with Crippen LogP contribution >= 0.6 is 0 Å². The Balaban J connectivity index is 1.30. The van der Waals surface area contributed by atoms with Gasteiger partial charge in [-0.05, 0) is 66.3 Å². The lowest BCUT2D eigenvalue weighted by Gasteiger charge is -2.20. The average Bonchev–Trinajstić information content (AvgIpc) is 3.66. The van der Waals surface area contributed by atoms with E-state index in [2.05, 4.69) is 10.1 Å². The number of aromatic nitrogens is 3. The van der Waals surface area contributed by atoms with Crippen LogP contribution in [0.1, 0.15) is 52.9 Å². The summed E-state index contributed by atoms with van der Waals surface area (Å²) in [5, 5.41) is 4.27. The van der Waals surface area contributed by atoms with Crippen LogP contribution in [0.2, 0.25) is 0 Å². The molecule has 2 heterocycles. The Labute approximate surface area is 228 Å². The van der Waals surface area contributed by atoms with Gasteiger partial charge in [0.25, 0.3) is 0 Å². The highest BCUT2D eigenvalue weighted by molar-refractivity contribution is 5.75. The SMILES string of the molecule is COC(=O)C[C@@H]1COc2cc(O[C@@H]3CCc4c3ccc(C(F)(F)F)c4-c3ccc(-n4cnc(C)n4)cc3)ccc21. The monoisotopic (exact) mass is 549 g/mol. The quantitative estimate of drug-likeness (QED) is 0.260. The second-order valence-corrected chi connectivity index (χ2v) is 9.97. The average molecular weight is 550 g/mol. The molecule has 0 radical (unpaired) electrons. The molecule has 4 aromatic rings. The first-order chi connectivity index (χ1) is 19.2. The van der Waals surface area contributed by atoms with Gasteiger partial charge >= 0.3 is 12.1 Å². The minimum atomic E-state index is -4.51. The Morgan fingerprint density at radius 1 is 1.10 bits per heavy atom. The van der Waals surface area contributed by atoms with Crippen LogP contribution in [0.4, 0.5) is 13.2 Å². The van der Waals surface area contributed by atoms with Crippen molar-refractivity contribution in [3.63, 3.8) is 0 Å². The second kappa shape index (κ2) is 10.0. The number of alkyl halides is 3. The number of esters is 1. The molecule has 0 saturated heterocycles. The fourth-order valence-corrected chi connectivity index (χ4v) is 5.55. The summed E-state index contributed by atoms with van der Waals surface area (Å²) in [5.41, 5.74) is 2.99. The van der Waals surface area contributed by atoms with Gasteiger partial charge in [0.15, 0.2) is 0 Å². The van der Waals surface area contributed by atoms with E-state index >= 15 is 0 Å². The third-order valence-corrected chi connectivity index (χ3v) is 7.47. The summed E-state index contributed by atoms with van der Waals surface area (Å²) in [4.78, 5) is 15.8. The van der Waals surface area contributed by atoms with Crippen molar-refractivity contribution >= 4 is 5.97 Å². The van der Waals surface area contributed by atoms with Gasteiger partial charge in [-0.2, -0.15) is 18.3 Å². The zero-order valence-corrected chi connectivity index (χ0v) is 21.9. The van der Waals surface area contributed by atoms with Crippen molar-refractivity contribution in [3.05, 3.63) is 89.0 Å². The largest absolute Gasteiger partial charge is 0.492 e. The molecule has 0 unspecified atom stereocenters. The van der Waals surface area contributed by atoms with E-state index in [9.17, 15) is 18.0 Å². The van der Waals surface area contributed by atoms with Gasteiger partial charge in [0.2, 0.25) is 0 Å².